The van der Waals surface area contributed by atoms with Crippen LogP contribution in [0.15, 0.2) is 12.3 Å². The molecule has 0 aliphatic carbocycles. The number of aliphatic hydroxyl groups is 1. The number of hydrogen-bond donors (Lipinski definition) is 2. The number of nitrogens with one attached hydrogen (secondary N) is 1. The number of aromatic nitrogens is 1. The van der Waals surface area contributed by atoms with Gasteiger partial charge in [-0.1, -0.05) is 6.92 Å². The van der Waals surface area contributed by atoms with E-state index < -0.39 is 11.9 Å². The first-order valence-corrected chi connectivity index (χ1v) is 6.33. The maximum Gasteiger partial charge on any atom is 0.257 e. The summed E-state index contributed by atoms with van der Waals surface area (Å²) in [5.74, 6) is -0.325. The fourth-order valence-corrected chi connectivity index (χ4v) is 2.21. The third-order valence-electron chi connectivity index (χ3n) is 3.53. The third kappa shape index (κ3) is 2.84. The van der Waals surface area contributed by atoms with Crippen molar-refractivity contribution in [2.45, 2.75) is 19.4 Å². The van der Waals surface area contributed by atoms with Crippen LogP contribution < -0.4 is 5.32 Å². The predicted octanol–water partition coefficient (Wildman–Crippen LogP) is 1.11. The Balaban J connectivity index is 2.22. The van der Waals surface area contributed by atoms with Crippen molar-refractivity contribution in [1.29, 1.82) is 0 Å². The summed E-state index contributed by atoms with van der Waals surface area (Å²) < 4.78 is 13.2. The molecule has 1 fully saturated rings. The molecule has 2 heterocycles. The molecule has 0 spiro atoms. The van der Waals surface area contributed by atoms with Gasteiger partial charge in [-0.25, -0.2) is 9.37 Å². The average molecular weight is 267 g/mol. The molecule has 104 valence electrons. The number of likely N-dealkylation sites (tertiary alicyclic amines) is 1. The largest absolute Gasteiger partial charge is 0.391 e. The lowest BCUT2D eigenvalue weighted by molar-refractivity contribution is 0.0249. The van der Waals surface area contributed by atoms with E-state index in [1.807, 2.05) is 6.92 Å². The maximum atomic E-state index is 13.2. The molecule has 1 aliphatic rings. The van der Waals surface area contributed by atoms with Gasteiger partial charge >= 0.3 is 0 Å². The van der Waals surface area contributed by atoms with Crippen LogP contribution in [-0.2, 0) is 0 Å². The van der Waals surface area contributed by atoms with Crippen LogP contribution in [0.3, 0.4) is 0 Å². The lowest BCUT2D eigenvalue weighted by Gasteiger charge is -2.34. The molecule has 2 N–H and O–H groups in total. The number of amides is 1. The average Bonchev–Trinajstić information content (AvgIpc) is 2.41. The summed E-state index contributed by atoms with van der Waals surface area (Å²) in [6.45, 7) is 2.80. The summed E-state index contributed by atoms with van der Waals surface area (Å²) in [5.41, 5.74) is 0.198. The van der Waals surface area contributed by atoms with Crippen LogP contribution in [0.4, 0.5) is 10.2 Å². The standard InChI is InChI=1S/C13H18FN3O2/c1-8-3-4-17(7-11(8)18)13(19)10-5-9(14)6-16-12(10)15-2/h5-6,8,11,18H,3-4,7H2,1-2H3,(H,15,16). The first-order chi connectivity index (χ1) is 9.02. The van der Waals surface area contributed by atoms with Gasteiger partial charge in [0.1, 0.15) is 11.6 Å². The SMILES string of the molecule is CNc1ncc(F)cc1C(=O)N1CCC(C)C(O)C1. The molecule has 0 bridgehead atoms. The molecular weight excluding hydrogens is 249 g/mol. The molecule has 6 heteroatoms. The summed E-state index contributed by atoms with van der Waals surface area (Å²) >= 11 is 0. The molecule has 0 saturated carbocycles. The Labute approximate surface area is 111 Å². The molecule has 2 rings (SSSR count). The van der Waals surface area contributed by atoms with Gasteiger partial charge in [0.15, 0.2) is 0 Å². The van der Waals surface area contributed by atoms with Gasteiger partial charge in [0.2, 0.25) is 0 Å². The van der Waals surface area contributed by atoms with E-state index in [4.69, 9.17) is 0 Å². The molecule has 1 saturated heterocycles. The zero-order chi connectivity index (χ0) is 14.0. The summed E-state index contributed by atoms with van der Waals surface area (Å²) in [6.07, 6.45) is 1.28. The highest BCUT2D eigenvalue weighted by Gasteiger charge is 2.29. The third-order valence-corrected chi connectivity index (χ3v) is 3.53. The number of rotatable bonds is 2. The number of piperidine rings is 1. The number of hydrogen-bond acceptors (Lipinski definition) is 4. The van der Waals surface area contributed by atoms with E-state index in [1.54, 1.807) is 11.9 Å². The van der Waals surface area contributed by atoms with Crippen molar-refractivity contribution < 1.29 is 14.3 Å². The Morgan fingerprint density at radius 3 is 3.00 bits per heavy atom. The molecule has 1 amide bonds. The first kappa shape index (κ1) is 13.7. The molecule has 2 atom stereocenters. The lowest BCUT2D eigenvalue weighted by atomic mass is 9.95. The lowest BCUT2D eigenvalue weighted by Crippen LogP contribution is -2.46. The van der Waals surface area contributed by atoms with Crippen molar-refractivity contribution in [2.24, 2.45) is 5.92 Å². The van der Waals surface area contributed by atoms with Crippen LogP contribution in [0, 0.1) is 11.7 Å². The van der Waals surface area contributed by atoms with Crippen molar-refractivity contribution in [2.75, 3.05) is 25.5 Å². The highest BCUT2D eigenvalue weighted by atomic mass is 19.1. The van der Waals surface area contributed by atoms with E-state index in [0.29, 0.717) is 12.4 Å². The molecule has 5 nitrogen and oxygen atoms in total. The first-order valence-electron chi connectivity index (χ1n) is 6.33. The van der Waals surface area contributed by atoms with E-state index in [0.717, 1.165) is 12.6 Å². The molecular formula is C13H18FN3O2. The van der Waals surface area contributed by atoms with Gasteiger partial charge in [-0.3, -0.25) is 4.79 Å². The smallest absolute Gasteiger partial charge is 0.257 e. The second-order valence-corrected chi connectivity index (χ2v) is 4.88. The predicted molar refractivity (Wildman–Crippen MR) is 69.4 cm³/mol. The van der Waals surface area contributed by atoms with Crippen molar-refractivity contribution in [3.8, 4) is 0 Å². The maximum absolute atomic E-state index is 13.2. The number of anilines is 1. The van der Waals surface area contributed by atoms with E-state index in [-0.39, 0.29) is 23.9 Å². The van der Waals surface area contributed by atoms with Gasteiger partial charge < -0.3 is 15.3 Å². The van der Waals surface area contributed by atoms with Crippen molar-refractivity contribution in [1.82, 2.24) is 9.88 Å². The Bertz CT molecular complexity index is 481. The van der Waals surface area contributed by atoms with Gasteiger partial charge in [0.25, 0.3) is 5.91 Å². The van der Waals surface area contributed by atoms with Gasteiger partial charge in [0, 0.05) is 20.1 Å². The molecule has 1 aromatic heterocycles. The second kappa shape index (κ2) is 5.52. The van der Waals surface area contributed by atoms with Crippen LogP contribution in [0.25, 0.3) is 0 Å². The highest BCUT2D eigenvalue weighted by molar-refractivity contribution is 5.98. The quantitative estimate of drug-likeness (QED) is 0.842. The molecule has 1 aromatic rings. The fraction of sp³-hybridized carbons (Fsp3) is 0.538. The minimum Gasteiger partial charge on any atom is -0.391 e. The number of nitrogens with zero attached hydrogens (tertiary/aromatic N) is 2. The molecule has 2 unspecified atom stereocenters. The van der Waals surface area contributed by atoms with Crippen LogP contribution in [0.5, 0.6) is 0 Å². The summed E-state index contributed by atoms with van der Waals surface area (Å²) in [6, 6.07) is 1.17. The topological polar surface area (TPSA) is 65.5 Å². The Morgan fingerprint density at radius 2 is 2.37 bits per heavy atom. The monoisotopic (exact) mass is 267 g/mol. The van der Waals surface area contributed by atoms with E-state index in [1.165, 1.54) is 6.07 Å². The molecule has 19 heavy (non-hydrogen) atoms. The zero-order valence-corrected chi connectivity index (χ0v) is 11.1. The number of β-amino-alcohol motifs (C(OH)–C–C–N with tert-alkyl or cyclic N) is 1. The number of aliphatic hydroxyl groups excluding tert-OH is 1. The van der Waals surface area contributed by atoms with Gasteiger partial charge in [0.05, 0.1) is 17.9 Å². The minimum absolute atomic E-state index is 0.179. The van der Waals surface area contributed by atoms with Crippen LogP contribution in [0.1, 0.15) is 23.7 Å². The van der Waals surface area contributed by atoms with E-state index in [9.17, 15) is 14.3 Å². The highest BCUT2D eigenvalue weighted by Crippen LogP contribution is 2.21. The van der Waals surface area contributed by atoms with Crippen molar-refractivity contribution >= 4 is 11.7 Å². The van der Waals surface area contributed by atoms with Crippen molar-refractivity contribution in [3.63, 3.8) is 0 Å². The molecule has 0 radical (unpaired) electrons. The number of halogens is 1. The van der Waals surface area contributed by atoms with E-state index in [2.05, 4.69) is 10.3 Å². The summed E-state index contributed by atoms with van der Waals surface area (Å²) in [7, 11) is 1.63. The fourth-order valence-electron chi connectivity index (χ4n) is 2.21. The van der Waals surface area contributed by atoms with Crippen molar-refractivity contribution in [3.05, 3.63) is 23.6 Å². The number of pyridine rings is 1. The normalized spacial score (nSPS) is 23.3. The Morgan fingerprint density at radius 1 is 1.63 bits per heavy atom. The van der Waals surface area contributed by atoms with Crippen LogP contribution in [-0.4, -0.2) is 47.1 Å². The minimum atomic E-state index is -0.548. The van der Waals surface area contributed by atoms with E-state index >= 15 is 0 Å². The van der Waals surface area contributed by atoms with Gasteiger partial charge in [-0.05, 0) is 18.4 Å². The number of carbonyl (C=O) groups excluding carboxylic acids is 1. The van der Waals surface area contributed by atoms with Gasteiger partial charge in [-0.2, -0.15) is 0 Å². The summed E-state index contributed by atoms with van der Waals surface area (Å²) in [4.78, 5) is 17.7. The summed E-state index contributed by atoms with van der Waals surface area (Å²) in [5, 5.41) is 12.6. The van der Waals surface area contributed by atoms with Crippen LogP contribution >= 0.6 is 0 Å². The molecule has 0 aromatic carbocycles. The Kier molecular flexibility index (Phi) is 3.99. The zero-order valence-electron chi connectivity index (χ0n) is 11.1. The second-order valence-electron chi connectivity index (χ2n) is 4.88. The van der Waals surface area contributed by atoms with Crippen LogP contribution in [0.2, 0.25) is 0 Å². The molecule has 1 aliphatic heterocycles. The number of carbonyl (C=O) groups is 1. The Hall–Kier alpha value is -1.69. The van der Waals surface area contributed by atoms with Gasteiger partial charge in [-0.15, -0.1) is 0 Å².